The van der Waals surface area contributed by atoms with Crippen molar-refractivity contribution < 1.29 is 38.2 Å². The summed E-state index contributed by atoms with van der Waals surface area (Å²) in [6.45, 7) is 1.04. The summed E-state index contributed by atoms with van der Waals surface area (Å²) in [5.74, 6) is -1.34. The van der Waals surface area contributed by atoms with Crippen molar-refractivity contribution in [1.82, 2.24) is 4.90 Å². The highest BCUT2D eigenvalue weighted by Gasteiger charge is 2.36. The van der Waals surface area contributed by atoms with Crippen molar-refractivity contribution in [3.05, 3.63) is 87.8 Å². The van der Waals surface area contributed by atoms with E-state index in [4.69, 9.17) is 25.8 Å². The number of nitrogens with zero attached hydrogens (tertiary/aromatic N) is 1. The molecule has 0 bridgehead atoms. The number of hydrogen-bond donors (Lipinski definition) is 2. The smallest absolute Gasteiger partial charge is 0.339 e. The Labute approximate surface area is 256 Å². The minimum atomic E-state index is -0.645. The second-order valence-corrected chi connectivity index (χ2v) is 10.2. The summed E-state index contributed by atoms with van der Waals surface area (Å²) < 4.78 is 15.7. The van der Waals surface area contributed by atoms with Crippen molar-refractivity contribution >= 4 is 69.7 Å². The number of benzene rings is 3. The summed E-state index contributed by atoms with van der Waals surface area (Å²) >= 11 is 6.75. The van der Waals surface area contributed by atoms with Gasteiger partial charge in [-0.15, -0.1) is 0 Å². The highest BCUT2D eigenvalue weighted by molar-refractivity contribution is 8.18. The van der Waals surface area contributed by atoms with Crippen molar-refractivity contribution in [1.29, 1.82) is 0 Å². The Bertz CT molecular complexity index is 1590. The number of thioether (sulfide) groups is 1. The van der Waals surface area contributed by atoms with Crippen LogP contribution in [0.5, 0.6) is 11.5 Å². The van der Waals surface area contributed by atoms with Gasteiger partial charge in [-0.05, 0) is 72.8 Å². The van der Waals surface area contributed by atoms with Gasteiger partial charge in [0.1, 0.15) is 18.0 Å². The molecule has 1 fully saturated rings. The van der Waals surface area contributed by atoms with Crippen LogP contribution in [-0.2, 0) is 19.1 Å². The lowest BCUT2D eigenvalue weighted by Gasteiger charge is -2.13. The van der Waals surface area contributed by atoms with E-state index in [-0.39, 0.29) is 40.3 Å². The molecule has 2 N–H and O–H groups in total. The fourth-order valence-corrected chi connectivity index (χ4v) is 4.88. The van der Waals surface area contributed by atoms with E-state index in [1.54, 1.807) is 55.5 Å². The SMILES string of the molecule is CCOC(=O)c1cc(NC(=O)CN2C(=O)S/C(=C\c3ccc(OCC(=O)Nc4ccccc4OC)cc3)C2=O)ccc1Cl. The molecule has 1 aliphatic rings. The van der Waals surface area contributed by atoms with Gasteiger partial charge in [-0.25, -0.2) is 4.79 Å². The van der Waals surface area contributed by atoms with Crippen LogP contribution in [0.2, 0.25) is 5.02 Å². The number of esters is 1. The van der Waals surface area contributed by atoms with E-state index < -0.39 is 29.6 Å². The second-order valence-electron chi connectivity index (χ2n) is 8.84. The van der Waals surface area contributed by atoms with E-state index in [0.29, 0.717) is 34.5 Å². The first-order valence-corrected chi connectivity index (χ1v) is 14.1. The van der Waals surface area contributed by atoms with Crippen LogP contribution in [0.1, 0.15) is 22.8 Å². The quantitative estimate of drug-likeness (QED) is 0.217. The topological polar surface area (TPSA) is 140 Å². The number of nitrogens with one attached hydrogen (secondary N) is 2. The van der Waals surface area contributed by atoms with Gasteiger partial charge in [-0.1, -0.05) is 35.9 Å². The lowest BCUT2D eigenvalue weighted by atomic mass is 10.2. The van der Waals surface area contributed by atoms with Crippen LogP contribution in [0.15, 0.2) is 71.6 Å². The number of carbonyl (C=O) groups excluding carboxylic acids is 5. The van der Waals surface area contributed by atoms with Gasteiger partial charge in [-0.3, -0.25) is 24.1 Å². The lowest BCUT2D eigenvalue weighted by molar-refractivity contribution is -0.127. The van der Waals surface area contributed by atoms with Crippen LogP contribution >= 0.6 is 23.4 Å². The van der Waals surface area contributed by atoms with Crippen LogP contribution in [-0.4, -0.2) is 60.7 Å². The Balaban J connectivity index is 1.32. The van der Waals surface area contributed by atoms with Crippen LogP contribution < -0.4 is 20.1 Å². The van der Waals surface area contributed by atoms with E-state index in [0.717, 1.165) is 4.90 Å². The molecule has 0 atom stereocenters. The number of halogens is 1. The summed E-state index contributed by atoms with van der Waals surface area (Å²) in [6.07, 6.45) is 1.52. The number of rotatable bonds is 11. The highest BCUT2D eigenvalue weighted by Crippen LogP contribution is 2.32. The molecule has 1 saturated heterocycles. The molecule has 0 aromatic heterocycles. The Kier molecular flexibility index (Phi) is 10.4. The minimum absolute atomic E-state index is 0.0722. The van der Waals surface area contributed by atoms with Crippen LogP contribution in [0.4, 0.5) is 16.2 Å². The van der Waals surface area contributed by atoms with Gasteiger partial charge in [0.2, 0.25) is 5.91 Å². The predicted octanol–water partition coefficient (Wildman–Crippen LogP) is 5.22. The zero-order chi connectivity index (χ0) is 30.9. The molecule has 3 aromatic rings. The van der Waals surface area contributed by atoms with Gasteiger partial charge in [0, 0.05) is 5.69 Å². The van der Waals surface area contributed by atoms with E-state index in [1.807, 2.05) is 0 Å². The number of hydrogen-bond acceptors (Lipinski definition) is 9. The van der Waals surface area contributed by atoms with Gasteiger partial charge in [-0.2, -0.15) is 0 Å². The average Bonchev–Trinajstić information content (AvgIpc) is 3.25. The molecule has 4 rings (SSSR count). The van der Waals surface area contributed by atoms with Crippen molar-refractivity contribution in [3.63, 3.8) is 0 Å². The fourth-order valence-electron chi connectivity index (χ4n) is 3.84. The van der Waals surface area contributed by atoms with Crippen LogP contribution in [0.3, 0.4) is 0 Å². The molecule has 0 aliphatic carbocycles. The number of methoxy groups -OCH3 is 1. The van der Waals surface area contributed by atoms with Crippen molar-refractivity contribution in [2.45, 2.75) is 6.92 Å². The zero-order valence-corrected chi connectivity index (χ0v) is 24.6. The summed E-state index contributed by atoms with van der Waals surface area (Å²) in [6, 6.07) is 17.8. The molecule has 222 valence electrons. The molecule has 0 unspecified atom stereocenters. The van der Waals surface area contributed by atoms with Gasteiger partial charge in [0.05, 0.1) is 34.9 Å². The first-order chi connectivity index (χ1) is 20.7. The Morgan fingerprint density at radius 3 is 2.44 bits per heavy atom. The number of carbonyl (C=O) groups is 5. The van der Waals surface area contributed by atoms with Crippen LogP contribution in [0.25, 0.3) is 6.08 Å². The van der Waals surface area contributed by atoms with Gasteiger partial charge < -0.3 is 24.8 Å². The third-order valence-electron chi connectivity index (χ3n) is 5.85. The maximum atomic E-state index is 12.9. The van der Waals surface area contributed by atoms with E-state index in [2.05, 4.69) is 10.6 Å². The molecule has 1 aliphatic heterocycles. The predicted molar refractivity (Wildman–Crippen MR) is 162 cm³/mol. The molecule has 0 radical (unpaired) electrons. The average molecular weight is 624 g/mol. The number of para-hydroxylation sites is 2. The molecule has 13 heteroatoms. The summed E-state index contributed by atoms with van der Waals surface area (Å²) in [7, 11) is 1.51. The Hall–Kier alpha value is -4.81. The normalized spacial score (nSPS) is 13.6. The molecular formula is C30H26ClN3O8S. The first-order valence-electron chi connectivity index (χ1n) is 12.9. The Morgan fingerprint density at radius 2 is 1.72 bits per heavy atom. The van der Waals surface area contributed by atoms with Gasteiger partial charge >= 0.3 is 5.97 Å². The third kappa shape index (κ3) is 8.15. The lowest BCUT2D eigenvalue weighted by Crippen LogP contribution is -2.36. The van der Waals surface area contributed by atoms with Gasteiger partial charge in [0.25, 0.3) is 17.1 Å². The number of amides is 4. The maximum Gasteiger partial charge on any atom is 0.339 e. The Morgan fingerprint density at radius 1 is 0.977 bits per heavy atom. The molecule has 43 heavy (non-hydrogen) atoms. The number of ether oxygens (including phenoxy) is 3. The van der Waals surface area contributed by atoms with Crippen molar-refractivity contribution in [2.75, 3.05) is 37.5 Å². The fraction of sp³-hybridized carbons (Fsp3) is 0.167. The van der Waals surface area contributed by atoms with E-state index >= 15 is 0 Å². The molecule has 1 heterocycles. The summed E-state index contributed by atoms with van der Waals surface area (Å²) in [5.41, 5.74) is 1.45. The van der Waals surface area contributed by atoms with Crippen molar-refractivity contribution in [3.8, 4) is 11.5 Å². The second kappa shape index (κ2) is 14.4. The first kappa shape index (κ1) is 31.1. The largest absolute Gasteiger partial charge is 0.495 e. The summed E-state index contributed by atoms with van der Waals surface area (Å²) in [4.78, 5) is 63.3. The standard InChI is InChI=1S/C30H26ClN3O8S/c1-3-41-29(38)21-15-19(10-13-22(21)31)32-26(35)16-34-28(37)25(43-30(34)39)14-18-8-11-20(12-9-18)42-17-27(36)33-23-6-4-5-7-24(23)40-2/h4-15H,3,16-17H2,1-2H3,(H,32,35)(H,33,36)/b25-14-. The van der Waals surface area contributed by atoms with E-state index in [1.165, 1.54) is 31.4 Å². The molecular weight excluding hydrogens is 598 g/mol. The van der Waals surface area contributed by atoms with Crippen molar-refractivity contribution in [2.24, 2.45) is 0 Å². The molecule has 3 aromatic carbocycles. The zero-order valence-electron chi connectivity index (χ0n) is 23.0. The van der Waals surface area contributed by atoms with Gasteiger partial charge in [0.15, 0.2) is 6.61 Å². The molecule has 4 amide bonds. The third-order valence-corrected chi connectivity index (χ3v) is 7.09. The summed E-state index contributed by atoms with van der Waals surface area (Å²) in [5, 5.41) is 4.83. The van der Waals surface area contributed by atoms with Crippen LogP contribution in [0, 0.1) is 0 Å². The maximum absolute atomic E-state index is 12.9. The van der Waals surface area contributed by atoms with E-state index in [9.17, 15) is 24.0 Å². The molecule has 0 spiro atoms. The molecule has 11 nitrogen and oxygen atoms in total. The highest BCUT2D eigenvalue weighted by atomic mass is 35.5. The minimum Gasteiger partial charge on any atom is -0.495 e. The molecule has 0 saturated carbocycles. The monoisotopic (exact) mass is 623 g/mol. The number of imide groups is 1. The number of anilines is 2.